The monoisotopic (exact) mass is 602 g/mol. The molecule has 1 saturated heterocycles. The van der Waals surface area contributed by atoms with Gasteiger partial charge in [-0.25, -0.2) is 0 Å². The van der Waals surface area contributed by atoms with Crippen molar-refractivity contribution in [1.29, 1.82) is 0 Å². The van der Waals surface area contributed by atoms with Gasteiger partial charge in [0.05, 0.1) is 23.4 Å². The fourth-order valence-electron chi connectivity index (χ4n) is 7.58. The minimum absolute atomic E-state index is 0.0466. The highest BCUT2D eigenvalue weighted by Gasteiger charge is 2.75. The van der Waals surface area contributed by atoms with Crippen molar-refractivity contribution in [1.82, 2.24) is 0 Å². The number of aliphatic hydroxyl groups excluding tert-OH is 2. The van der Waals surface area contributed by atoms with Gasteiger partial charge in [0.1, 0.15) is 5.60 Å². The van der Waals surface area contributed by atoms with E-state index in [1.54, 1.807) is 6.92 Å². The van der Waals surface area contributed by atoms with Crippen LogP contribution >= 0.6 is 0 Å². The largest absolute Gasteiger partial charge is 0.393 e. The van der Waals surface area contributed by atoms with E-state index in [1.165, 1.54) is 11.1 Å². The number of hydrogen-bond acceptors (Lipinski definition) is 4. The summed E-state index contributed by atoms with van der Waals surface area (Å²) in [6.45, 7) is 20.9. The Bertz CT molecular complexity index is 1300. The number of rotatable bonds is 10. The Hall–Kier alpha value is -2.50. The normalized spacial score (nSPS) is 35.9. The molecule has 0 aromatic heterocycles. The van der Waals surface area contributed by atoms with Gasteiger partial charge in [-0.15, -0.1) is 0 Å². The first-order valence-electron chi connectivity index (χ1n) is 16.2. The Labute approximate surface area is 267 Å². The third kappa shape index (κ3) is 8.81. The molecule has 3 aliphatic rings. The predicted octanol–water partition coefficient (Wildman–Crippen LogP) is 8.95. The molecule has 0 bridgehead atoms. The zero-order valence-electron chi connectivity index (χ0n) is 28.9. The molecule has 3 N–H and O–H groups in total. The minimum Gasteiger partial charge on any atom is -0.393 e. The number of ether oxygens (including phenoxy) is 1. The molecule has 1 aliphatic heterocycles. The maximum Gasteiger partial charge on any atom is 0.106 e. The van der Waals surface area contributed by atoms with Crippen molar-refractivity contribution in [2.75, 3.05) is 0 Å². The van der Waals surface area contributed by atoms with E-state index in [2.05, 4.69) is 123 Å². The van der Waals surface area contributed by atoms with Gasteiger partial charge >= 0.3 is 0 Å². The molecule has 242 valence electrons. The van der Waals surface area contributed by atoms with E-state index in [-0.39, 0.29) is 28.1 Å². The van der Waals surface area contributed by atoms with Crippen LogP contribution in [0.1, 0.15) is 101 Å². The fraction of sp³-hybridized carbons (Fsp3) is 0.550. The first kappa shape index (κ1) is 36.0. The summed E-state index contributed by atoms with van der Waals surface area (Å²) in [4.78, 5) is 0. The van der Waals surface area contributed by atoms with E-state index >= 15 is 0 Å². The van der Waals surface area contributed by atoms with Crippen LogP contribution in [0.5, 0.6) is 0 Å². The highest BCUT2D eigenvalue weighted by molar-refractivity contribution is 5.35. The molecule has 2 saturated carbocycles. The molecule has 0 aromatic rings. The standard InChI is InChI=1S/C40H58O4/c1-29(17-13-19-31(3)21-22-35-36(5,6)25-33(41)27-38(35,9)43)15-11-12-16-30(2)18-14-20-32(4)23-24-40-37(7,8)26-34(42)28-39(40,10)44-40/h11-23,33-34,41-43H,24-28H2,1-10H3/b15-11+,16-12+,19-13+,20-14+,29-17+,30-18+,31-21+,32-23-,35-22-/t33-,34+,38-,39-,40+/m1/s1. The summed E-state index contributed by atoms with van der Waals surface area (Å²) in [6, 6.07) is 0. The van der Waals surface area contributed by atoms with Crippen LogP contribution in [-0.2, 0) is 4.74 Å². The van der Waals surface area contributed by atoms with Gasteiger partial charge in [0.2, 0.25) is 0 Å². The van der Waals surface area contributed by atoms with Crippen molar-refractivity contribution < 1.29 is 20.1 Å². The van der Waals surface area contributed by atoms with Crippen molar-refractivity contribution in [2.24, 2.45) is 10.8 Å². The maximum absolute atomic E-state index is 10.9. The summed E-state index contributed by atoms with van der Waals surface area (Å²) in [5.41, 5.74) is 3.92. The third-order valence-electron chi connectivity index (χ3n) is 9.85. The van der Waals surface area contributed by atoms with Crippen molar-refractivity contribution in [3.05, 3.63) is 107 Å². The molecule has 44 heavy (non-hydrogen) atoms. The minimum atomic E-state index is -0.997. The quantitative estimate of drug-likeness (QED) is 0.172. The molecule has 0 unspecified atom stereocenters. The molecule has 2 aliphatic carbocycles. The molecule has 0 spiro atoms. The van der Waals surface area contributed by atoms with Crippen LogP contribution in [0.4, 0.5) is 0 Å². The molecule has 0 aromatic carbocycles. The molecule has 0 radical (unpaired) electrons. The summed E-state index contributed by atoms with van der Waals surface area (Å²) < 4.78 is 6.30. The van der Waals surface area contributed by atoms with E-state index in [0.29, 0.717) is 12.8 Å². The second-order valence-corrected chi connectivity index (χ2v) is 15.2. The summed E-state index contributed by atoms with van der Waals surface area (Å²) >= 11 is 0. The van der Waals surface area contributed by atoms with Crippen molar-refractivity contribution in [3.63, 3.8) is 0 Å². The highest BCUT2D eigenvalue weighted by Crippen LogP contribution is 2.67. The van der Waals surface area contributed by atoms with E-state index < -0.39 is 11.7 Å². The predicted molar refractivity (Wildman–Crippen MR) is 185 cm³/mol. The molecular weight excluding hydrogens is 544 g/mol. The van der Waals surface area contributed by atoms with E-state index in [4.69, 9.17) is 4.74 Å². The first-order chi connectivity index (χ1) is 20.3. The average molecular weight is 603 g/mol. The number of hydrogen-bond donors (Lipinski definition) is 3. The number of allylic oxidation sites excluding steroid dienone is 16. The van der Waals surface area contributed by atoms with Gasteiger partial charge in [-0.05, 0) is 77.2 Å². The lowest BCUT2D eigenvalue weighted by Crippen LogP contribution is -2.47. The molecule has 1 heterocycles. The SMILES string of the molecule is CC(=C/C[C@@]12O[C@]1(C)C[C@@H](O)CC2(C)C)/C=C/C=C(C)/C=C/C=C/C(C)=C/C=C/C(C)=C/C=C1/C(C)(C)C[C@@H](O)C[C@@]1(C)O. The van der Waals surface area contributed by atoms with Gasteiger partial charge in [-0.2, -0.15) is 0 Å². The second-order valence-electron chi connectivity index (χ2n) is 15.2. The summed E-state index contributed by atoms with van der Waals surface area (Å²) in [7, 11) is 0. The third-order valence-corrected chi connectivity index (χ3v) is 9.85. The summed E-state index contributed by atoms with van der Waals surface area (Å²) in [5, 5.41) is 31.3. The maximum atomic E-state index is 10.9. The van der Waals surface area contributed by atoms with E-state index in [1.807, 2.05) is 18.2 Å². The van der Waals surface area contributed by atoms with Crippen LogP contribution in [0, 0.1) is 10.8 Å². The Morgan fingerprint density at radius 3 is 1.73 bits per heavy atom. The van der Waals surface area contributed by atoms with Crippen LogP contribution < -0.4 is 0 Å². The number of epoxide rings is 1. The molecule has 3 fully saturated rings. The lowest BCUT2D eigenvalue weighted by atomic mass is 9.62. The Kier molecular flexibility index (Phi) is 11.3. The van der Waals surface area contributed by atoms with E-state index in [9.17, 15) is 15.3 Å². The summed E-state index contributed by atoms with van der Waals surface area (Å²) in [6.07, 6.45) is 29.8. The van der Waals surface area contributed by atoms with Crippen LogP contribution in [0.15, 0.2) is 107 Å². The second kappa shape index (κ2) is 13.9. The average Bonchev–Trinajstić information content (AvgIpc) is 3.49. The Balaban J connectivity index is 1.50. The number of aliphatic hydroxyl groups is 3. The molecule has 3 rings (SSSR count). The Morgan fingerprint density at radius 1 is 0.682 bits per heavy atom. The summed E-state index contributed by atoms with van der Waals surface area (Å²) in [5.74, 6) is 0. The first-order valence-corrected chi connectivity index (χ1v) is 16.2. The topological polar surface area (TPSA) is 73.2 Å². The highest BCUT2D eigenvalue weighted by atomic mass is 16.6. The zero-order chi connectivity index (χ0) is 33.0. The van der Waals surface area contributed by atoms with Crippen molar-refractivity contribution >= 4 is 0 Å². The molecule has 4 heteroatoms. The van der Waals surface area contributed by atoms with Crippen LogP contribution in [0.2, 0.25) is 0 Å². The van der Waals surface area contributed by atoms with Gasteiger partial charge in [-0.3, -0.25) is 0 Å². The molecular formula is C40H58O4. The van der Waals surface area contributed by atoms with Crippen LogP contribution in [0.25, 0.3) is 0 Å². The van der Waals surface area contributed by atoms with Gasteiger partial charge in [0.15, 0.2) is 0 Å². The van der Waals surface area contributed by atoms with Crippen LogP contribution in [0.3, 0.4) is 0 Å². The molecule has 5 atom stereocenters. The smallest absolute Gasteiger partial charge is 0.106 e. The van der Waals surface area contributed by atoms with Gasteiger partial charge in [-0.1, -0.05) is 129 Å². The van der Waals surface area contributed by atoms with Gasteiger partial charge in [0, 0.05) is 12.8 Å². The number of fused-ring (bicyclic) bond motifs is 1. The molecule has 0 amide bonds. The lowest BCUT2D eigenvalue weighted by Gasteiger charge is -2.45. The van der Waals surface area contributed by atoms with Crippen molar-refractivity contribution in [2.45, 2.75) is 130 Å². The van der Waals surface area contributed by atoms with E-state index in [0.717, 1.165) is 36.0 Å². The lowest BCUT2D eigenvalue weighted by molar-refractivity contribution is -0.0271. The van der Waals surface area contributed by atoms with Gasteiger partial charge < -0.3 is 20.1 Å². The van der Waals surface area contributed by atoms with Crippen LogP contribution in [-0.4, -0.2) is 44.3 Å². The fourth-order valence-corrected chi connectivity index (χ4v) is 7.58. The van der Waals surface area contributed by atoms with Crippen molar-refractivity contribution in [3.8, 4) is 0 Å². The molecule has 4 nitrogen and oxygen atoms in total. The zero-order valence-corrected chi connectivity index (χ0v) is 28.9. The van der Waals surface area contributed by atoms with Gasteiger partial charge in [0.25, 0.3) is 0 Å². The Morgan fingerprint density at radius 2 is 1.18 bits per heavy atom.